The minimum atomic E-state index is -0.319. The Hall–Kier alpha value is -1.29. The second-order valence-electron chi connectivity index (χ2n) is 2.89. The van der Waals surface area contributed by atoms with Gasteiger partial charge in [0, 0.05) is 11.6 Å². The van der Waals surface area contributed by atoms with Gasteiger partial charge in [0.2, 0.25) is 0 Å². The molecule has 72 valence electrons. The second-order valence-corrected chi connectivity index (χ2v) is 3.66. The number of nitrogens with zero attached hydrogens (tertiary/aromatic N) is 1. The number of hydrogen-bond donors (Lipinski definition) is 0. The van der Waals surface area contributed by atoms with E-state index in [9.17, 15) is 4.79 Å². The van der Waals surface area contributed by atoms with Crippen molar-refractivity contribution in [3.05, 3.63) is 36.0 Å². The molecule has 0 aliphatic carbocycles. The molecule has 0 saturated heterocycles. The number of carbonyl (C=O) groups is 1. The van der Waals surface area contributed by atoms with Crippen molar-refractivity contribution in [3.63, 3.8) is 0 Å². The highest BCUT2D eigenvalue weighted by Crippen LogP contribution is 2.19. The monoisotopic (exact) mass is 253 g/mol. The largest absolute Gasteiger partial charge is 0.465 e. The number of fused-ring (bicyclic) bond motifs is 1. The molecule has 1 heterocycles. The Labute approximate surface area is 89.6 Å². The summed E-state index contributed by atoms with van der Waals surface area (Å²) >= 11 is 3.34. The Bertz CT molecular complexity index is 490. The topological polar surface area (TPSA) is 31.2 Å². The fourth-order valence-electron chi connectivity index (χ4n) is 1.34. The number of carbonyl (C=O) groups excluding carboxylic acids is 1. The minimum absolute atomic E-state index is 0.319. The van der Waals surface area contributed by atoms with E-state index in [1.807, 2.05) is 18.3 Å². The molecular formula is C10H8BrNO2. The van der Waals surface area contributed by atoms with Crippen molar-refractivity contribution in [2.24, 2.45) is 0 Å². The number of hydrogen-bond acceptors (Lipinski definition) is 2. The lowest BCUT2D eigenvalue weighted by atomic mass is 10.2. The molecule has 0 spiro atoms. The standard InChI is InChI=1S/C10H8BrNO2/c1-14-10(13)8-3-2-7-4-5-12(11)9(7)6-8/h2-6H,1H3. The maximum absolute atomic E-state index is 11.2. The van der Waals surface area contributed by atoms with Crippen molar-refractivity contribution in [2.75, 3.05) is 7.11 Å². The lowest BCUT2D eigenvalue weighted by Gasteiger charge is -1.99. The first-order valence-corrected chi connectivity index (χ1v) is 4.79. The zero-order valence-electron chi connectivity index (χ0n) is 7.53. The van der Waals surface area contributed by atoms with E-state index in [1.165, 1.54) is 7.11 Å². The second kappa shape index (κ2) is 3.46. The van der Waals surface area contributed by atoms with E-state index in [1.54, 1.807) is 15.7 Å². The van der Waals surface area contributed by atoms with Crippen molar-refractivity contribution < 1.29 is 9.53 Å². The van der Waals surface area contributed by atoms with Crippen molar-refractivity contribution in [3.8, 4) is 0 Å². The van der Waals surface area contributed by atoms with Crippen molar-refractivity contribution in [1.82, 2.24) is 3.59 Å². The van der Waals surface area contributed by atoms with Crippen LogP contribution in [0.25, 0.3) is 10.9 Å². The summed E-state index contributed by atoms with van der Waals surface area (Å²) < 4.78 is 6.42. The van der Waals surface area contributed by atoms with Crippen LogP contribution in [0.15, 0.2) is 30.5 Å². The van der Waals surface area contributed by atoms with Crippen LogP contribution in [-0.2, 0) is 4.74 Å². The number of rotatable bonds is 1. The van der Waals surface area contributed by atoms with Gasteiger partial charge in [-0.3, -0.25) is 3.59 Å². The van der Waals surface area contributed by atoms with E-state index >= 15 is 0 Å². The number of halogens is 1. The highest BCUT2D eigenvalue weighted by atomic mass is 79.9. The molecule has 0 bridgehead atoms. The van der Waals surface area contributed by atoms with Gasteiger partial charge in [0.1, 0.15) is 0 Å². The first-order chi connectivity index (χ1) is 6.72. The molecule has 0 atom stereocenters. The molecule has 2 rings (SSSR count). The van der Waals surface area contributed by atoms with Crippen LogP contribution in [0.5, 0.6) is 0 Å². The molecule has 0 unspecified atom stereocenters. The molecule has 0 saturated carbocycles. The molecular weight excluding hydrogens is 246 g/mol. The number of esters is 1. The zero-order chi connectivity index (χ0) is 10.1. The normalized spacial score (nSPS) is 10.4. The average Bonchev–Trinajstić information content (AvgIpc) is 2.59. The minimum Gasteiger partial charge on any atom is -0.465 e. The van der Waals surface area contributed by atoms with E-state index in [2.05, 4.69) is 20.9 Å². The van der Waals surface area contributed by atoms with Gasteiger partial charge in [-0.2, -0.15) is 0 Å². The van der Waals surface area contributed by atoms with Crippen LogP contribution in [0.1, 0.15) is 10.4 Å². The van der Waals surface area contributed by atoms with Gasteiger partial charge in [-0.05, 0) is 18.2 Å². The van der Waals surface area contributed by atoms with Crippen molar-refractivity contribution in [1.29, 1.82) is 0 Å². The van der Waals surface area contributed by atoms with Gasteiger partial charge >= 0.3 is 5.97 Å². The van der Waals surface area contributed by atoms with Gasteiger partial charge in [-0.15, -0.1) is 0 Å². The SMILES string of the molecule is COC(=O)c1ccc2ccn(Br)c2c1. The zero-order valence-corrected chi connectivity index (χ0v) is 9.11. The highest BCUT2D eigenvalue weighted by molar-refractivity contribution is 9.08. The summed E-state index contributed by atoms with van der Waals surface area (Å²) in [7, 11) is 1.37. The van der Waals surface area contributed by atoms with Crippen LogP contribution >= 0.6 is 16.1 Å². The van der Waals surface area contributed by atoms with E-state index < -0.39 is 0 Å². The van der Waals surface area contributed by atoms with Gasteiger partial charge in [0.15, 0.2) is 0 Å². The van der Waals surface area contributed by atoms with Crippen LogP contribution in [0.4, 0.5) is 0 Å². The average molecular weight is 254 g/mol. The highest BCUT2D eigenvalue weighted by Gasteiger charge is 2.07. The first kappa shape index (κ1) is 9.27. The molecule has 1 aromatic heterocycles. The summed E-state index contributed by atoms with van der Waals surface area (Å²) in [6, 6.07) is 7.39. The summed E-state index contributed by atoms with van der Waals surface area (Å²) in [4.78, 5) is 11.2. The van der Waals surface area contributed by atoms with E-state index in [-0.39, 0.29) is 5.97 Å². The maximum Gasteiger partial charge on any atom is 0.337 e. The van der Waals surface area contributed by atoms with Gasteiger partial charge < -0.3 is 4.74 Å². The summed E-state index contributed by atoms with van der Waals surface area (Å²) in [5.41, 5.74) is 1.51. The van der Waals surface area contributed by atoms with Crippen LogP contribution < -0.4 is 0 Å². The van der Waals surface area contributed by atoms with E-state index in [0.717, 1.165) is 10.9 Å². The predicted molar refractivity (Wildman–Crippen MR) is 57.6 cm³/mol. The van der Waals surface area contributed by atoms with Gasteiger partial charge in [0.05, 0.1) is 34.3 Å². The Kier molecular flexibility index (Phi) is 2.29. The van der Waals surface area contributed by atoms with Crippen molar-refractivity contribution in [2.45, 2.75) is 0 Å². The van der Waals surface area contributed by atoms with Crippen molar-refractivity contribution >= 4 is 33.0 Å². The number of benzene rings is 1. The van der Waals surface area contributed by atoms with Crippen LogP contribution in [-0.4, -0.2) is 16.7 Å². The molecule has 4 heteroatoms. The third-order valence-corrected chi connectivity index (χ3v) is 2.69. The number of ether oxygens (including phenoxy) is 1. The van der Waals surface area contributed by atoms with Crippen LogP contribution in [0.2, 0.25) is 0 Å². The Morgan fingerprint density at radius 1 is 1.43 bits per heavy atom. The smallest absolute Gasteiger partial charge is 0.337 e. The summed E-state index contributed by atoms with van der Waals surface area (Å²) in [5, 5.41) is 1.08. The molecule has 2 aromatic rings. The molecule has 0 amide bonds. The third-order valence-electron chi connectivity index (χ3n) is 2.07. The maximum atomic E-state index is 11.2. The molecule has 14 heavy (non-hydrogen) atoms. The quantitative estimate of drug-likeness (QED) is 0.732. The number of aromatic nitrogens is 1. The lowest BCUT2D eigenvalue weighted by molar-refractivity contribution is 0.0601. The fraction of sp³-hybridized carbons (Fsp3) is 0.100. The van der Waals surface area contributed by atoms with E-state index in [4.69, 9.17) is 0 Å². The van der Waals surface area contributed by atoms with Gasteiger partial charge in [0.25, 0.3) is 0 Å². The van der Waals surface area contributed by atoms with Crippen LogP contribution in [0.3, 0.4) is 0 Å². The molecule has 1 aromatic carbocycles. The summed E-state index contributed by atoms with van der Waals surface area (Å²) in [5.74, 6) is -0.319. The molecule has 0 radical (unpaired) electrons. The predicted octanol–water partition coefficient (Wildman–Crippen LogP) is 2.59. The van der Waals surface area contributed by atoms with E-state index in [0.29, 0.717) is 5.56 Å². The summed E-state index contributed by atoms with van der Waals surface area (Å²) in [6.45, 7) is 0. The Balaban J connectivity index is 2.60. The molecule has 0 aliphatic heterocycles. The Morgan fingerprint density at radius 2 is 2.21 bits per heavy atom. The van der Waals surface area contributed by atoms with Gasteiger partial charge in [-0.1, -0.05) is 6.07 Å². The lowest BCUT2D eigenvalue weighted by Crippen LogP contribution is -2.00. The fourth-order valence-corrected chi connectivity index (χ4v) is 1.77. The third kappa shape index (κ3) is 1.42. The molecule has 3 nitrogen and oxygen atoms in total. The first-order valence-electron chi connectivity index (χ1n) is 4.08. The summed E-state index contributed by atoms with van der Waals surface area (Å²) in [6.07, 6.45) is 1.88. The molecule has 0 fully saturated rings. The van der Waals surface area contributed by atoms with Gasteiger partial charge in [-0.25, -0.2) is 4.79 Å². The Morgan fingerprint density at radius 3 is 2.93 bits per heavy atom. The number of methoxy groups -OCH3 is 1. The van der Waals surface area contributed by atoms with Crippen LogP contribution in [0, 0.1) is 0 Å². The molecule has 0 aliphatic rings. The molecule has 0 N–H and O–H groups in total.